The average molecular weight is 356 g/mol. The quantitative estimate of drug-likeness (QED) is 0.817. The van der Waals surface area contributed by atoms with Gasteiger partial charge in [-0.15, -0.1) is 0 Å². The lowest BCUT2D eigenvalue weighted by atomic mass is 9.84. The Kier molecular flexibility index (Phi) is 5.56. The first kappa shape index (κ1) is 17.7. The van der Waals surface area contributed by atoms with Crippen molar-refractivity contribution in [2.24, 2.45) is 0 Å². The Morgan fingerprint density at radius 3 is 2.36 bits per heavy atom. The van der Waals surface area contributed by atoms with Gasteiger partial charge in [-0.3, -0.25) is 0 Å². The van der Waals surface area contributed by atoms with Gasteiger partial charge in [-0.25, -0.2) is 0 Å². The van der Waals surface area contributed by atoms with E-state index in [9.17, 15) is 5.11 Å². The molecule has 25 heavy (non-hydrogen) atoms. The van der Waals surface area contributed by atoms with Crippen LogP contribution in [0.2, 0.25) is 0 Å². The molecule has 2 aromatic rings. The van der Waals surface area contributed by atoms with Crippen LogP contribution in [-0.4, -0.2) is 34.8 Å². The Morgan fingerprint density at radius 1 is 1.12 bits per heavy atom. The maximum Gasteiger partial charge on any atom is 0.173 e. The molecule has 1 aliphatic rings. The molecular formula is C20H24N2O2S. The van der Waals surface area contributed by atoms with Crippen LogP contribution in [0.1, 0.15) is 25.3 Å². The van der Waals surface area contributed by atoms with Crippen LogP contribution in [0.5, 0.6) is 5.75 Å². The minimum Gasteiger partial charge on any atom is -0.494 e. The normalized spacial score (nSPS) is 16.3. The molecule has 1 aliphatic heterocycles. The number of thiocarbonyl (C=S) groups is 1. The first-order chi connectivity index (χ1) is 12.1. The highest BCUT2D eigenvalue weighted by atomic mass is 32.1. The molecule has 5 heteroatoms. The Morgan fingerprint density at radius 2 is 1.76 bits per heavy atom. The maximum absolute atomic E-state index is 10.9. The topological polar surface area (TPSA) is 44.7 Å². The van der Waals surface area contributed by atoms with E-state index >= 15 is 0 Å². The van der Waals surface area contributed by atoms with Crippen LogP contribution in [0, 0.1) is 0 Å². The number of nitrogens with zero attached hydrogens (tertiary/aromatic N) is 1. The fourth-order valence-corrected chi connectivity index (χ4v) is 3.42. The van der Waals surface area contributed by atoms with Gasteiger partial charge in [0, 0.05) is 18.8 Å². The summed E-state index contributed by atoms with van der Waals surface area (Å²) < 4.78 is 5.45. The SMILES string of the molecule is CCOc1ccc(NC(=S)N2CCC(O)(c3ccccc3)CC2)cc1. The van der Waals surface area contributed by atoms with Crippen molar-refractivity contribution >= 4 is 23.0 Å². The highest BCUT2D eigenvalue weighted by Gasteiger charge is 2.34. The van der Waals surface area contributed by atoms with Gasteiger partial charge in [0.05, 0.1) is 12.2 Å². The van der Waals surface area contributed by atoms with Gasteiger partial charge in [-0.1, -0.05) is 30.3 Å². The van der Waals surface area contributed by atoms with Crippen LogP contribution in [0.15, 0.2) is 54.6 Å². The van der Waals surface area contributed by atoms with E-state index in [4.69, 9.17) is 17.0 Å². The zero-order valence-corrected chi connectivity index (χ0v) is 15.3. The van der Waals surface area contributed by atoms with Crippen LogP contribution < -0.4 is 10.1 Å². The van der Waals surface area contributed by atoms with Crippen molar-refractivity contribution in [3.63, 3.8) is 0 Å². The van der Waals surface area contributed by atoms with E-state index in [2.05, 4.69) is 10.2 Å². The molecule has 0 aliphatic carbocycles. The smallest absolute Gasteiger partial charge is 0.173 e. The number of aliphatic hydroxyl groups is 1. The number of rotatable bonds is 4. The summed E-state index contributed by atoms with van der Waals surface area (Å²) in [6.07, 6.45) is 1.34. The van der Waals surface area contributed by atoms with Crippen molar-refractivity contribution in [1.82, 2.24) is 4.90 Å². The molecule has 0 saturated carbocycles. The summed E-state index contributed by atoms with van der Waals surface area (Å²) in [6, 6.07) is 17.7. The first-order valence-corrected chi connectivity index (χ1v) is 9.08. The van der Waals surface area contributed by atoms with Crippen LogP contribution in [0.25, 0.3) is 0 Å². The second-order valence-corrected chi connectivity index (χ2v) is 6.66. The summed E-state index contributed by atoms with van der Waals surface area (Å²) in [7, 11) is 0. The molecule has 0 unspecified atom stereocenters. The molecule has 1 heterocycles. The number of anilines is 1. The number of likely N-dealkylation sites (tertiary alicyclic amines) is 1. The lowest BCUT2D eigenvalue weighted by Gasteiger charge is -2.39. The van der Waals surface area contributed by atoms with Crippen LogP contribution in [0.3, 0.4) is 0 Å². The van der Waals surface area contributed by atoms with Gasteiger partial charge in [-0.2, -0.15) is 0 Å². The average Bonchev–Trinajstić information content (AvgIpc) is 2.65. The van der Waals surface area contributed by atoms with Gasteiger partial charge >= 0.3 is 0 Å². The van der Waals surface area contributed by atoms with Crippen molar-refractivity contribution in [3.8, 4) is 5.75 Å². The molecule has 1 saturated heterocycles. The Hall–Kier alpha value is -2.11. The van der Waals surface area contributed by atoms with Crippen LogP contribution in [0.4, 0.5) is 5.69 Å². The predicted molar refractivity (Wildman–Crippen MR) is 105 cm³/mol. The number of ether oxygens (including phenoxy) is 1. The minimum absolute atomic E-state index is 0.656. The summed E-state index contributed by atoms with van der Waals surface area (Å²) >= 11 is 5.53. The minimum atomic E-state index is -0.757. The van der Waals surface area contributed by atoms with Gasteiger partial charge in [0.25, 0.3) is 0 Å². The van der Waals surface area contributed by atoms with Gasteiger partial charge < -0.3 is 20.1 Å². The zero-order chi connectivity index (χ0) is 17.7. The van der Waals surface area contributed by atoms with Crippen molar-refractivity contribution in [2.75, 3.05) is 25.0 Å². The van der Waals surface area contributed by atoms with E-state index in [1.165, 1.54) is 0 Å². The van der Waals surface area contributed by atoms with E-state index in [1.54, 1.807) is 0 Å². The standard InChI is InChI=1S/C20H24N2O2S/c1-2-24-18-10-8-17(9-11-18)21-19(25)22-14-12-20(23,13-15-22)16-6-4-3-5-7-16/h3-11,23H,2,12-15H2,1H3,(H,21,25). The maximum atomic E-state index is 10.9. The van der Waals surface area contributed by atoms with Gasteiger partial charge in [0.15, 0.2) is 5.11 Å². The molecule has 2 N–H and O–H groups in total. The molecule has 4 nitrogen and oxygen atoms in total. The summed E-state index contributed by atoms with van der Waals surface area (Å²) in [6.45, 7) is 4.08. The Balaban J connectivity index is 1.56. The van der Waals surface area contributed by atoms with Crippen molar-refractivity contribution < 1.29 is 9.84 Å². The molecule has 0 bridgehead atoms. The second kappa shape index (κ2) is 7.85. The van der Waals surface area contributed by atoms with Crippen molar-refractivity contribution in [1.29, 1.82) is 0 Å². The predicted octanol–water partition coefficient (Wildman–Crippen LogP) is 3.77. The third kappa shape index (κ3) is 4.30. The number of hydrogen-bond donors (Lipinski definition) is 2. The van der Waals surface area contributed by atoms with Gasteiger partial charge in [0.1, 0.15) is 5.75 Å². The van der Waals surface area contributed by atoms with Crippen LogP contribution >= 0.6 is 12.2 Å². The number of benzene rings is 2. The third-order valence-corrected chi connectivity index (χ3v) is 4.97. The second-order valence-electron chi connectivity index (χ2n) is 6.27. The van der Waals surface area contributed by atoms with E-state index in [-0.39, 0.29) is 0 Å². The third-order valence-electron chi connectivity index (χ3n) is 4.61. The molecule has 0 aromatic heterocycles. The highest BCUT2D eigenvalue weighted by molar-refractivity contribution is 7.80. The van der Waals surface area contributed by atoms with E-state index in [1.807, 2.05) is 61.5 Å². The summed E-state index contributed by atoms with van der Waals surface area (Å²) in [5, 5.41) is 14.9. The Bertz CT molecular complexity index is 695. The first-order valence-electron chi connectivity index (χ1n) is 8.67. The molecule has 0 amide bonds. The Labute approximate surface area is 154 Å². The lowest BCUT2D eigenvalue weighted by molar-refractivity contribution is -0.0117. The van der Waals surface area contributed by atoms with Gasteiger partial charge in [-0.05, 0) is 61.8 Å². The highest BCUT2D eigenvalue weighted by Crippen LogP contribution is 2.32. The molecule has 0 atom stereocenters. The fourth-order valence-electron chi connectivity index (χ4n) is 3.12. The van der Waals surface area contributed by atoms with Crippen molar-refractivity contribution in [2.45, 2.75) is 25.4 Å². The monoisotopic (exact) mass is 356 g/mol. The lowest BCUT2D eigenvalue weighted by Crippen LogP contribution is -2.46. The zero-order valence-electron chi connectivity index (χ0n) is 14.4. The number of nitrogens with one attached hydrogen (secondary N) is 1. The number of hydrogen-bond acceptors (Lipinski definition) is 3. The molecule has 0 radical (unpaired) electrons. The van der Waals surface area contributed by atoms with Gasteiger partial charge in [0.2, 0.25) is 0 Å². The van der Waals surface area contributed by atoms with E-state index < -0.39 is 5.60 Å². The van der Waals surface area contributed by atoms with E-state index in [0.717, 1.165) is 30.1 Å². The number of piperidine rings is 1. The van der Waals surface area contributed by atoms with Crippen molar-refractivity contribution in [3.05, 3.63) is 60.2 Å². The molecule has 132 valence electrons. The summed E-state index contributed by atoms with van der Waals surface area (Å²) in [5.41, 5.74) is 1.17. The van der Waals surface area contributed by atoms with E-state index in [0.29, 0.717) is 24.6 Å². The largest absolute Gasteiger partial charge is 0.494 e. The molecule has 1 fully saturated rings. The summed E-state index contributed by atoms with van der Waals surface area (Å²) in [5.74, 6) is 0.852. The molecule has 2 aromatic carbocycles. The fraction of sp³-hybridized carbons (Fsp3) is 0.350. The molecule has 0 spiro atoms. The van der Waals surface area contributed by atoms with Crippen LogP contribution in [-0.2, 0) is 5.60 Å². The molecule has 3 rings (SSSR count). The molecular weight excluding hydrogens is 332 g/mol. The summed E-state index contributed by atoms with van der Waals surface area (Å²) in [4.78, 5) is 2.11.